The van der Waals surface area contributed by atoms with Gasteiger partial charge in [0.2, 0.25) is 0 Å². The topological polar surface area (TPSA) is 55.8 Å². The van der Waals surface area contributed by atoms with Crippen molar-refractivity contribution in [2.24, 2.45) is 11.8 Å². The van der Waals surface area contributed by atoms with Crippen molar-refractivity contribution in [3.63, 3.8) is 0 Å². The summed E-state index contributed by atoms with van der Waals surface area (Å²) in [5, 5.41) is 13.7. The van der Waals surface area contributed by atoms with Crippen LogP contribution < -0.4 is 5.32 Å². The van der Waals surface area contributed by atoms with Crippen LogP contribution in [0.15, 0.2) is 30.3 Å². The third-order valence-corrected chi connectivity index (χ3v) is 6.35. The zero-order chi connectivity index (χ0) is 19.1. The number of amides is 2. The van der Waals surface area contributed by atoms with Crippen LogP contribution in [-0.2, 0) is 6.42 Å². The van der Waals surface area contributed by atoms with Crippen LogP contribution >= 0.6 is 0 Å². The van der Waals surface area contributed by atoms with Gasteiger partial charge in [-0.2, -0.15) is 0 Å². The van der Waals surface area contributed by atoms with Crippen LogP contribution in [0.25, 0.3) is 0 Å². The Balaban J connectivity index is 1.35. The van der Waals surface area contributed by atoms with E-state index in [0.717, 1.165) is 52.1 Å². The first-order valence-electron chi connectivity index (χ1n) is 10.6. The maximum Gasteiger partial charge on any atom is 0.317 e. The van der Waals surface area contributed by atoms with Gasteiger partial charge in [0.1, 0.15) is 0 Å². The predicted molar refractivity (Wildman–Crippen MR) is 109 cm³/mol. The average molecular weight is 374 g/mol. The molecule has 1 unspecified atom stereocenters. The van der Waals surface area contributed by atoms with E-state index in [1.807, 2.05) is 23.1 Å². The van der Waals surface area contributed by atoms with Crippen LogP contribution in [-0.4, -0.2) is 66.3 Å². The second kappa shape index (κ2) is 10.1. The highest BCUT2D eigenvalue weighted by atomic mass is 16.3. The number of urea groups is 1. The van der Waals surface area contributed by atoms with Gasteiger partial charge in [0.05, 0.1) is 6.10 Å². The lowest BCUT2D eigenvalue weighted by Crippen LogP contribution is -2.48. The van der Waals surface area contributed by atoms with E-state index >= 15 is 0 Å². The molecule has 2 amide bonds. The van der Waals surface area contributed by atoms with Crippen LogP contribution in [0.2, 0.25) is 0 Å². The van der Waals surface area contributed by atoms with Crippen molar-refractivity contribution >= 4 is 6.03 Å². The number of aliphatic hydroxyl groups excluding tert-OH is 1. The highest BCUT2D eigenvalue weighted by molar-refractivity contribution is 5.74. The third-order valence-electron chi connectivity index (χ3n) is 6.35. The number of rotatable bonds is 6. The molecular formula is C22H35N3O2. The average Bonchev–Trinajstić information content (AvgIpc) is 2.73. The largest absolute Gasteiger partial charge is 0.392 e. The minimum absolute atomic E-state index is 0.0731. The van der Waals surface area contributed by atoms with Crippen LogP contribution in [0, 0.1) is 11.8 Å². The molecule has 5 nitrogen and oxygen atoms in total. The van der Waals surface area contributed by atoms with Crippen LogP contribution in [0.5, 0.6) is 0 Å². The highest BCUT2D eigenvalue weighted by Crippen LogP contribution is 2.23. The Morgan fingerprint density at radius 2 is 1.78 bits per heavy atom. The fourth-order valence-corrected chi connectivity index (χ4v) is 4.36. The monoisotopic (exact) mass is 373 g/mol. The third kappa shape index (κ3) is 5.94. The van der Waals surface area contributed by atoms with E-state index in [4.69, 9.17) is 0 Å². The molecule has 1 aromatic rings. The van der Waals surface area contributed by atoms with E-state index in [9.17, 15) is 9.90 Å². The molecular weight excluding hydrogens is 338 g/mol. The van der Waals surface area contributed by atoms with Gasteiger partial charge in [-0.25, -0.2) is 4.79 Å². The predicted octanol–water partition coefficient (Wildman–Crippen LogP) is 2.74. The molecule has 2 aliphatic heterocycles. The highest BCUT2D eigenvalue weighted by Gasteiger charge is 2.28. The van der Waals surface area contributed by atoms with E-state index in [1.165, 1.54) is 18.4 Å². The van der Waals surface area contributed by atoms with Gasteiger partial charge in [0.15, 0.2) is 0 Å². The van der Waals surface area contributed by atoms with E-state index in [0.29, 0.717) is 12.3 Å². The fourth-order valence-electron chi connectivity index (χ4n) is 4.36. The van der Waals surface area contributed by atoms with Gasteiger partial charge in [-0.15, -0.1) is 0 Å². The molecule has 0 spiro atoms. The Labute approximate surface area is 163 Å². The Morgan fingerprint density at radius 1 is 1.11 bits per heavy atom. The van der Waals surface area contributed by atoms with Crippen molar-refractivity contribution in [2.45, 2.75) is 45.1 Å². The summed E-state index contributed by atoms with van der Waals surface area (Å²) in [6.07, 6.45) is 4.52. The first kappa shape index (κ1) is 20.2. The Hall–Kier alpha value is -1.59. The number of benzene rings is 1. The van der Waals surface area contributed by atoms with Crippen molar-refractivity contribution in [2.75, 3.05) is 39.3 Å². The molecule has 2 saturated heterocycles. The Bertz CT molecular complexity index is 564. The van der Waals surface area contributed by atoms with Crippen LogP contribution in [0.1, 0.15) is 38.2 Å². The Kier molecular flexibility index (Phi) is 7.53. The number of carbonyl (C=O) groups is 1. The maximum atomic E-state index is 12.5. The molecule has 1 aromatic carbocycles. The summed E-state index contributed by atoms with van der Waals surface area (Å²) in [6, 6.07) is 10.2. The van der Waals surface area contributed by atoms with Gasteiger partial charge in [-0.1, -0.05) is 37.3 Å². The number of nitrogens with one attached hydrogen (secondary N) is 1. The lowest BCUT2D eigenvalue weighted by Gasteiger charge is -2.35. The number of nitrogens with zero attached hydrogens (tertiary/aromatic N) is 2. The first-order valence-corrected chi connectivity index (χ1v) is 10.6. The first-order chi connectivity index (χ1) is 13.2. The van der Waals surface area contributed by atoms with Gasteiger partial charge in [0.25, 0.3) is 0 Å². The smallest absolute Gasteiger partial charge is 0.317 e. The number of hydrogen-bond donors (Lipinski definition) is 2. The SMILES string of the molecule is CCN1CCC(CNC(=O)N2CCC(C(O)Cc3ccccc3)CC2)CC1. The summed E-state index contributed by atoms with van der Waals surface area (Å²) < 4.78 is 0. The number of likely N-dealkylation sites (tertiary alicyclic amines) is 2. The summed E-state index contributed by atoms with van der Waals surface area (Å²) >= 11 is 0. The standard InChI is InChI=1S/C22H35N3O2/c1-2-24-12-8-19(9-13-24)17-23-22(27)25-14-10-20(11-15-25)21(26)16-18-6-4-3-5-7-18/h3-7,19-21,26H,2,8-17H2,1H3,(H,23,27). The van der Waals surface area contributed by atoms with Gasteiger partial charge >= 0.3 is 6.03 Å². The molecule has 0 aliphatic carbocycles. The lowest BCUT2D eigenvalue weighted by atomic mass is 9.88. The number of carbonyl (C=O) groups excluding carboxylic acids is 1. The molecule has 2 fully saturated rings. The van der Waals surface area contributed by atoms with Crippen LogP contribution in [0.3, 0.4) is 0 Å². The van der Waals surface area contributed by atoms with Gasteiger partial charge in [-0.05, 0) is 69.1 Å². The minimum atomic E-state index is -0.318. The van der Waals surface area contributed by atoms with Crippen molar-refractivity contribution < 1.29 is 9.90 Å². The molecule has 5 heteroatoms. The molecule has 1 atom stereocenters. The van der Waals surface area contributed by atoms with E-state index in [1.54, 1.807) is 0 Å². The lowest BCUT2D eigenvalue weighted by molar-refractivity contribution is 0.0668. The van der Waals surface area contributed by atoms with Crippen LogP contribution in [0.4, 0.5) is 4.79 Å². The summed E-state index contributed by atoms with van der Waals surface area (Å²) in [4.78, 5) is 16.9. The molecule has 2 N–H and O–H groups in total. The van der Waals surface area contributed by atoms with Crippen molar-refractivity contribution in [3.05, 3.63) is 35.9 Å². The van der Waals surface area contributed by atoms with Crippen molar-refractivity contribution in [1.82, 2.24) is 15.1 Å². The summed E-state index contributed by atoms with van der Waals surface area (Å²) in [5.74, 6) is 0.898. The van der Waals surface area contributed by atoms with Gasteiger partial charge in [-0.3, -0.25) is 0 Å². The van der Waals surface area contributed by atoms with E-state index < -0.39 is 0 Å². The minimum Gasteiger partial charge on any atom is -0.392 e. The molecule has 3 rings (SSSR count). The molecule has 150 valence electrons. The quantitative estimate of drug-likeness (QED) is 0.806. The zero-order valence-corrected chi connectivity index (χ0v) is 16.6. The van der Waals surface area contributed by atoms with Gasteiger partial charge < -0.3 is 20.2 Å². The van der Waals surface area contributed by atoms with Crippen molar-refractivity contribution in [3.8, 4) is 0 Å². The van der Waals surface area contributed by atoms with Gasteiger partial charge in [0, 0.05) is 19.6 Å². The second-order valence-electron chi connectivity index (χ2n) is 8.15. The zero-order valence-electron chi connectivity index (χ0n) is 16.6. The molecule has 27 heavy (non-hydrogen) atoms. The number of piperidine rings is 2. The molecule has 2 heterocycles. The second-order valence-corrected chi connectivity index (χ2v) is 8.15. The fraction of sp³-hybridized carbons (Fsp3) is 0.682. The molecule has 0 aromatic heterocycles. The normalized spacial score (nSPS) is 21.2. The molecule has 0 radical (unpaired) electrons. The molecule has 0 bridgehead atoms. The summed E-state index contributed by atoms with van der Waals surface area (Å²) in [6.45, 7) is 7.94. The van der Waals surface area contributed by atoms with E-state index in [-0.39, 0.29) is 18.1 Å². The summed E-state index contributed by atoms with van der Waals surface area (Å²) in [7, 11) is 0. The number of aliphatic hydroxyl groups is 1. The summed E-state index contributed by atoms with van der Waals surface area (Å²) in [5.41, 5.74) is 1.18. The van der Waals surface area contributed by atoms with Crippen molar-refractivity contribution in [1.29, 1.82) is 0 Å². The van der Waals surface area contributed by atoms with E-state index in [2.05, 4.69) is 29.3 Å². The maximum absolute atomic E-state index is 12.5. The molecule has 0 saturated carbocycles. The Morgan fingerprint density at radius 3 is 2.41 bits per heavy atom. The number of hydrogen-bond acceptors (Lipinski definition) is 3. The molecule has 2 aliphatic rings.